The number of nitrogens with one attached hydrogen (secondary N) is 1. The Hall–Kier alpha value is -3.28. The Morgan fingerprint density at radius 1 is 1.04 bits per heavy atom. The van der Waals surface area contributed by atoms with Gasteiger partial charge in [0.1, 0.15) is 11.5 Å². The second-order valence-electron chi connectivity index (χ2n) is 4.85. The zero-order valence-electron chi connectivity index (χ0n) is 13.3. The lowest BCUT2D eigenvalue weighted by atomic mass is 10.1. The summed E-state index contributed by atoms with van der Waals surface area (Å²) in [7, 11) is 3.02. The van der Waals surface area contributed by atoms with Crippen LogP contribution in [0.1, 0.15) is 15.9 Å². The number of methoxy groups -OCH3 is 2. The number of rotatable bonds is 6. The summed E-state index contributed by atoms with van der Waals surface area (Å²) in [5.74, 6) is -0.338. The third kappa shape index (κ3) is 4.61. The van der Waals surface area contributed by atoms with Gasteiger partial charge in [0.05, 0.1) is 14.2 Å². The van der Waals surface area contributed by atoms with Crippen molar-refractivity contribution in [3.8, 4) is 11.5 Å². The highest BCUT2D eigenvalue weighted by Gasteiger charge is 2.10. The minimum absolute atomic E-state index is 0.327. The number of hydrogen-bond acceptors (Lipinski definition) is 4. The maximum absolute atomic E-state index is 12.4. The molecule has 0 spiro atoms. The average molecular weight is 327 g/mol. The van der Waals surface area contributed by atoms with Crippen LogP contribution in [0, 0.1) is 0 Å². The Kier molecular flexibility index (Phi) is 5.57. The first-order valence-electron chi connectivity index (χ1n) is 7.07. The van der Waals surface area contributed by atoms with Gasteiger partial charge in [-0.2, -0.15) is 0 Å². The second-order valence-corrected chi connectivity index (χ2v) is 4.85. The molecule has 0 aliphatic rings. The summed E-state index contributed by atoms with van der Waals surface area (Å²) >= 11 is 0. The predicted molar refractivity (Wildman–Crippen MR) is 90.6 cm³/mol. The number of ether oxygens (including phenoxy) is 2. The Balaban J connectivity index is 2.20. The topological polar surface area (TPSA) is 84.9 Å². The number of anilines is 1. The van der Waals surface area contributed by atoms with E-state index in [0.29, 0.717) is 28.3 Å². The molecule has 6 heteroatoms. The van der Waals surface area contributed by atoms with E-state index in [1.165, 1.54) is 20.3 Å². The lowest BCUT2D eigenvalue weighted by Crippen LogP contribution is -2.12. The van der Waals surface area contributed by atoms with Crippen LogP contribution >= 0.6 is 0 Å². The van der Waals surface area contributed by atoms with Crippen LogP contribution < -0.4 is 14.8 Å². The highest BCUT2D eigenvalue weighted by Crippen LogP contribution is 2.23. The van der Waals surface area contributed by atoms with Crippen LogP contribution in [0.5, 0.6) is 11.5 Å². The van der Waals surface area contributed by atoms with Crippen LogP contribution in [0.2, 0.25) is 0 Å². The smallest absolute Gasteiger partial charge is 0.328 e. The fourth-order valence-corrected chi connectivity index (χ4v) is 2.03. The number of aliphatic carboxylic acids is 1. The second kappa shape index (κ2) is 7.82. The molecule has 6 nitrogen and oxygen atoms in total. The maximum Gasteiger partial charge on any atom is 0.328 e. The Morgan fingerprint density at radius 3 is 2.29 bits per heavy atom. The molecule has 2 aromatic rings. The summed E-state index contributed by atoms with van der Waals surface area (Å²) in [4.78, 5) is 23.0. The predicted octanol–water partition coefficient (Wildman–Crippen LogP) is 3.05. The van der Waals surface area contributed by atoms with Gasteiger partial charge in [-0.25, -0.2) is 4.79 Å². The zero-order valence-corrected chi connectivity index (χ0v) is 13.3. The van der Waals surface area contributed by atoms with Crippen molar-refractivity contribution >= 4 is 23.6 Å². The van der Waals surface area contributed by atoms with Gasteiger partial charge in [-0.1, -0.05) is 12.1 Å². The van der Waals surface area contributed by atoms with E-state index >= 15 is 0 Å². The van der Waals surface area contributed by atoms with Crippen molar-refractivity contribution in [2.24, 2.45) is 0 Å². The van der Waals surface area contributed by atoms with Crippen LogP contribution in [0.15, 0.2) is 48.5 Å². The van der Waals surface area contributed by atoms with Gasteiger partial charge in [-0.15, -0.1) is 0 Å². The molecule has 2 rings (SSSR count). The molecule has 0 unspecified atom stereocenters. The van der Waals surface area contributed by atoms with E-state index in [1.54, 1.807) is 42.5 Å². The molecular weight excluding hydrogens is 310 g/mol. The largest absolute Gasteiger partial charge is 0.497 e. The van der Waals surface area contributed by atoms with Gasteiger partial charge in [-0.05, 0) is 35.9 Å². The quantitative estimate of drug-likeness (QED) is 0.797. The summed E-state index contributed by atoms with van der Waals surface area (Å²) in [6.07, 6.45) is 2.49. The molecule has 0 fully saturated rings. The van der Waals surface area contributed by atoms with Gasteiger partial charge >= 0.3 is 5.97 Å². The van der Waals surface area contributed by atoms with Crippen LogP contribution in [0.3, 0.4) is 0 Å². The van der Waals surface area contributed by atoms with E-state index in [-0.39, 0.29) is 5.91 Å². The lowest BCUT2D eigenvalue weighted by Gasteiger charge is -2.09. The van der Waals surface area contributed by atoms with Crippen LogP contribution in [-0.2, 0) is 4.79 Å². The maximum atomic E-state index is 12.4. The van der Waals surface area contributed by atoms with Gasteiger partial charge in [0.15, 0.2) is 0 Å². The molecule has 0 heterocycles. The summed E-state index contributed by atoms with van der Waals surface area (Å²) in [6.45, 7) is 0. The number of amides is 1. The lowest BCUT2D eigenvalue weighted by molar-refractivity contribution is -0.131. The first-order chi connectivity index (χ1) is 11.5. The number of carboxylic acid groups (broad SMARTS) is 1. The first kappa shape index (κ1) is 17.1. The standard InChI is InChI=1S/C18H17NO5/c1-23-15-9-13(10-16(11-15)24-2)18(22)19-14-5-3-4-12(8-14)6-7-17(20)21/h3-11H,1-2H3,(H,19,22)(H,20,21)/b7-6+. The van der Waals surface area contributed by atoms with E-state index in [4.69, 9.17) is 14.6 Å². The normalized spacial score (nSPS) is 10.4. The van der Waals surface area contributed by atoms with Crippen molar-refractivity contribution in [3.05, 3.63) is 59.7 Å². The molecule has 24 heavy (non-hydrogen) atoms. The van der Waals surface area contributed by atoms with E-state index in [1.807, 2.05) is 0 Å². The third-order valence-electron chi connectivity index (χ3n) is 3.18. The molecule has 0 atom stereocenters. The molecule has 0 aliphatic carbocycles. The highest BCUT2D eigenvalue weighted by atomic mass is 16.5. The molecule has 2 N–H and O–H groups in total. The number of benzene rings is 2. The summed E-state index contributed by atoms with van der Waals surface area (Å²) in [5.41, 5.74) is 1.60. The summed E-state index contributed by atoms with van der Waals surface area (Å²) < 4.78 is 10.3. The number of carbonyl (C=O) groups excluding carboxylic acids is 1. The van der Waals surface area contributed by atoms with Gasteiger partial charge in [-0.3, -0.25) is 4.79 Å². The molecule has 0 aromatic heterocycles. The number of carboxylic acids is 1. The highest BCUT2D eigenvalue weighted by molar-refractivity contribution is 6.05. The van der Waals surface area contributed by atoms with Gasteiger partial charge in [0.2, 0.25) is 0 Å². The Morgan fingerprint density at radius 2 is 1.71 bits per heavy atom. The first-order valence-corrected chi connectivity index (χ1v) is 7.07. The molecule has 124 valence electrons. The van der Waals surface area contributed by atoms with Crippen molar-refractivity contribution in [1.29, 1.82) is 0 Å². The third-order valence-corrected chi connectivity index (χ3v) is 3.18. The fourth-order valence-electron chi connectivity index (χ4n) is 2.03. The van der Waals surface area contributed by atoms with Gasteiger partial charge in [0.25, 0.3) is 5.91 Å². The SMILES string of the molecule is COc1cc(OC)cc(C(=O)Nc2cccc(/C=C/C(=O)O)c2)c1. The average Bonchev–Trinajstić information content (AvgIpc) is 2.59. The fraction of sp³-hybridized carbons (Fsp3) is 0.111. The molecule has 0 saturated heterocycles. The molecule has 0 saturated carbocycles. The molecule has 0 radical (unpaired) electrons. The summed E-state index contributed by atoms with van der Waals surface area (Å²) in [6, 6.07) is 11.7. The molecule has 0 bridgehead atoms. The van der Waals surface area contributed by atoms with E-state index < -0.39 is 5.97 Å². The van der Waals surface area contributed by atoms with Crippen molar-refractivity contribution in [1.82, 2.24) is 0 Å². The van der Waals surface area contributed by atoms with Crippen molar-refractivity contribution < 1.29 is 24.2 Å². The minimum Gasteiger partial charge on any atom is -0.497 e. The molecule has 1 amide bonds. The Bertz CT molecular complexity index is 760. The number of carbonyl (C=O) groups is 2. The Labute approximate surface area is 139 Å². The van der Waals surface area contributed by atoms with Crippen LogP contribution in [0.4, 0.5) is 5.69 Å². The van der Waals surface area contributed by atoms with Crippen LogP contribution in [0.25, 0.3) is 6.08 Å². The monoisotopic (exact) mass is 327 g/mol. The van der Waals surface area contributed by atoms with Crippen molar-refractivity contribution in [2.75, 3.05) is 19.5 Å². The van der Waals surface area contributed by atoms with Crippen molar-refractivity contribution in [3.63, 3.8) is 0 Å². The van der Waals surface area contributed by atoms with E-state index in [0.717, 1.165) is 6.08 Å². The molecule has 2 aromatic carbocycles. The molecular formula is C18H17NO5. The van der Waals surface area contributed by atoms with Crippen molar-refractivity contribution in [2.45, 2.75) is 0 Å². The van der Waals surface area contributed by atoms with Gasteiger partial charge in [0, 0.05) is 23.4 Å². The summed E-state index contributed by atoms with van der Waals surface area (Å²) in [5, 5.41) is 11.4. The van der Waals surface area contributed by atoms with E-state index in [9.17, 15) is 9.59 Å². The minimum atomic E-state index is -1.03. The van der Waals surface area contributed by atoms with Gasteiger partial charge < -0.3 is 19.9 Å². The van der Waals surface area contributed by atoms with Crippen LogP contribution in [-0.4, -0.2) is 31.2 Å². The molecule has 0 aliphatic heterocycles. The number of hydrogen-bond donors (Lipinski definition) is 2. The zero-order chi connectivity index (χ0) is 17.5. The van der Waals surface area contributed by atoms with E-state index in [2.05, 4.69) is 5.32 Å².